The Kier molecular flexibility index (Phi) is 3.86. The van der Waals surface area contributed by atoms with E-state index in [9.17, 15) is 0 Å². The van der Waals surface area contributed by atoms with Crippen LogP contribution in [0, 0.1) is 0 Å². The minimum absolute atomic E-state index is 0.541. The van der Waals surface area contributed by atoms with Crippen molar-refractivity contribution in [2.24, 2.45) is 0 Å². The molecule has 2 nitrogen and oxygen atoms in total. The molecular weight excluding hydrogens is 176 g/mol. The van der Waals surface area contributed by atoms with Crippen molar-refractivity contribution >= 4 is 6.08 Å². The van der Waals surface area contributed by atoms with E-state index < -0.39 is 6.29 Å². The van der Waals surface area contributed by atoms with Crippen molar-refractivity contribution in [1.29, 1.82) is 0 Å². The Balaban J connectivity index is 3.06. The normalized spacial score (nSPS) is 10.6. The quantitative estimate of drug-likeness (QED) is 0.718. The summed E-state index contributed by atoms with van der Waals surface area (Å²) in [6, 6.07) is 5.40. The van der Waals surface area contributed by atoms with Gasteiger partial charge in [-0.05, 0) is 17.5 Å². The average molecular weight is 192 g/mol. The molecule has 0 amide bonds. The molecule has 14 heavy (non-hydrogen) atoms. The second-order valence-corrected chi connectivity index (χ2v) is 3.29. The van der Waals surface area contributed by atoms with E-state index in [0.717, 1.165) is 24.0 Å². The molecule has 0 radical (unpaired) electrons. The molecule has 0 aliphatic heterocycles. The second-order valence-electron chi connectivity index (χ2n) is 3.29. The molecule has 0 fully saturated rings. The fourth-order valence-electron chi connectivity index (χ4n) is 1.47. The third-order valence-electron chi connectivity index (χ3n) is 2.20. The van der Waals surface area contributed by atoms with Gasteiger partial charge in [0.2, 0.25) is 0 Å². The molecule has 76 valence electrons. The summed E-state index contributed by atoms with van der Waals surface area (Å²) in [6.45, 7) is 5.82. The van der Waals surface area contributed by atoms with E-state index in [1.54, 1.807) is 12.1 Å². The van der Waals surface area contributed by atoms with Crippen LogP contribution in [0.25, 0.3) is 6.08 Å². The molecule has 0 aliphatic rings. The van der Waals surface area contributed by atoms with E-state index in [4.69, 9.17) is 10.2 Å². The minimum Gasteiger partial charge on any atom is -0.364 e. The van der Waals surface area contributed by atoms with Crippen LogP contribution in [-0.4, -0.2) is 10.2 Å². The predicted octanol–water partition coefficient (Wildman–Crippen LogP) is 2.27. The number of rotatable bonds is 4. The Morgan fingerprint density at radius 2 is 2.14 bits per heavy atom. The van der Waals surface area contributed by atoms with Crippen LogP contribution in [-0.2, 0) is 6.42 Å². The lowest BCUT2D eigenvalue weighted by Gasteiger charge is -2.09. The molecule has 0 spiro atoms. The van der Waals surface area contributed by atoms with Crippen LogP contribution in [0.15, 0.2) is 24.8 Å². The van der Waals surface area contributed by atoms with Crippen LogP contribution in [0.5, 0.6) is 0 Å². The fourth-order valence-corrected chi connectivity index (χ4v) is 1.47. The molecule has 0 aliphatic carbocycles. The summed E-state index contributed by atoms with van der Waals surface area (Å²) in [6.07, 6.45) is 2.37. The van der Waals surface area contributed by atoms with Crippen molar-refractivity contribution in [3.05, 3.63) is 41.5 Å². The molecule has 1 rings (SSSR count). The van der Waals surface area contributed by atoms with Gasteiger partial charge in [-0.3, -0.25) is 0 Å². The van der Waals surface area contributed by atoms with Crippen molar-refractivity contribution < 1.29 is 10.2 Å². The van der Waals surface area contributed by atoms with Gasteiger partial charge in [0, 0.05) is 5.56 Å². The Morgan fingerprint density at radius 1 is 1.43 bits per heavy atom. The summed E-state index contributed by atoms with van der Waals surface area (Å²) in [5, 5.41) is 18.0. The monoisotopic (exact) mass is 192 g/mol. The lowest BCUT2D eigenvalue weighted by atomic mass is 10.00. The maximum absolute atomic E-state index is 9.01. The van der Waals surface area contributed by atoms with Gasteiger partial charge in [0.1, 0.15) is 0 Å². The summed E-state index contributed by atoms with van der Waals surface area (Å²) < 4.78 is 0. The van der Waals surface area contributed by atoms with Crippen molar-refractivity contribution in [2.75, 3.05) is 0 Å². The van der Waals surface area contributed by atoms with Crippen molar-refractivity contribution in [3.63, 3.8) is 0 Å². The minimum atomic E-state index is -1.38. The Hall–Kier alpha value is -1.12. The zero-order chi connectivity index (χ0) is 10.6. The van der Waals surface area contributed by atoms with Gasteiger partial charge in [0.25, 0.3) is 0 Å². The molecule has 0 aromatic heterocycles. The van der Waals surface area contributed by atoms with Crippen LogP contribution in [0.4, 0.5) is 0 Å². The Labute approximate surface area is 84.5 Å². The molecule has 0 atom stereocenters. The molecule has 2 heteroatoms. The number of aliphatic hydroxyl groups is 2. The van der Waals surface area contributed by atoms with E-state index in [2.05, 4.69) is 13.5 Å². The van der Waals surface area contributed by atoms with Crippen LogP contribution in [0.2, 0.25) is 0 Å². The zero-order valence-electron chi connectivity index (χ0n) is 8.40. The molecule has 0 saturated heterocycles. The van der Waals surface area contributed by atoms with Crippen molar-refractivity contribution in [2.45, 2.75) is 26.1 Å². The first kappa shape index (κ1) is 11.0. The molecule has 1 aromatic carbocycles. The molecule has 0 heterocycles. The first-order chi connectivity index (χ1) is 6.69. The summed E-state index contributed by atoms with van der Waals surface area (Å²) in [5.74, 6) is 0. The topological polar surface area (TPSA) is 40.5 Å². The molecule has 0 saturated carbocycles. The van der Waals surface area contributed by atoms with Gasteiger partial charge in [0.05, 0.1) is 0 Å². The number of aryl methyl sites for hydroxylation is 1. The van der Waals surface area contributed by atoms with Crippen LogP contribution in [0.1, 0.15) is 36.3 Å². The van der Waals surface area contributed by atoms with Gasteiger partial charge in [-0.1, -0.05) is 44.2 Å². The highest BCUT2D eigenvalue weighted by Crippen LogP contribution is 2.18. The van der Waals surface area contributed by atoms with E-state index in [1.165, 1.54) is 0 Å². The first-order valence-corrected chi connectivity index (χ1v) is 4.80. The van der Waals surface area contributed by atoms with Crippen molar-refractivity contribution in [1.82, 2.24) is 0 Å². The highest BCUT2D eigenvalue weighted by atomic mass is 16.5. The van der Waals surface area contributed by atoms with Gasteiger partial charge in [-0.15, -0.1) is 0 Å². The molecule has 1 aromatic rings. The molecule has 0 bridgehead atoms. The largest absolute Gasteiger partial charge is 0.364 e. The van der Waals surface area contributed by atoms with Crippen LogP contribution in [0.3, 0.4) is 0 Å². The van der Waals surface area contributed by atoms with Gasteiger partial charge < -0.3 is 10.2 Å². The fraction of sp³-hybridized carbons (Fsp3) is 0.333. The number of benzene rings is 1. The van der Waals surface area contributed by atoms with E-state index in [0.29, 0.717) is 5.56 Å². The lowest BCUT2D eigenvalue weighted by molar-refractivity contribution is -0.0425. The Bertz CT molecular complexity index is 316. The van der Waals surface area contributed by atoms with Gasteiger partial charge in [0.15, 0.2) is 6.29 Å². The maximum Gasteiger partial charge on any atom is 0.178 e. The SMILES string of the molecule is C=Cc1ccc(C(O)O)cc1CCC. The smallest absolute Gasteiger partial charge is 0.178 e. The van der Waals surface area contributed by atoms with Crippen LogP contribution >= 0.6 is 0 Å². The highest BCUT2D eigenvalue weighted by Gasteiger charge is 2.05. The first-order valence-electron chi connectivity index (χ1n) is 4.80. The summed E-state index contributed by atoms with van der Waals surface area (Å²) in [7, 11) is 0. The zero-order valence-corrected chi connectivity index (χ0v) is 8.40. The van der Waals surface area contributed by atoms with Gasteiger partial charge in [-0.2, -0.15) is 0 Å². The van der Waals surface area contributed by atoms with E-state index >= 15 is 0 Å². The number of hydrogen-bond donors (Lipinski definition) is 2. The van der Waals surface area contributed by atoms with Crippen LogP contribution < -0.4 is 0 Å². The van der Waals surface area contributed by atoms with Gasteiger partial charge in [-0.25, -0.2) is 0 Å². The summed E-state index contributed by atoms with van der Waals surface area (Å²) in [5.41, 5.74) is 2.73. The number of hydrogen-bond acceptors (Lipinski definition) is 2. The van der Waals surface area contributed by atoms with E-state index in [-0.39, 0.29) is 0 Å². The molecule has 0 unspecified atom stereocenters. The summed E-state index contributed by atoms with van der Waals surface area (Å²) in [4.78, 5) is 0. The standard InChI is InChI=1S/C12H16O2/c1-3-5-10-8-11(12(13)14)7-6-9(10)4-2/h4,6-8,12-14H,2-3,5H2,1H3. The second kappa shape index (κ2) is 4.94. The van der Waals surface area contributed by atoms with Gasteiger partial charge >= 0.3 is 0 Å². The number of aliphatic hydroxyl groups excluding tert-OH is 1. The molecule has 2 N–H and O–H groups in total. The van der Waals surface area contributed by atoms with Crippen molar-refractivity contribution in [3.8, 4) is 0 Å². The molecular formula is C12H16O2. The van der Waals surface area contributed by atoms with E-state index in [1.807, 2.05) is 12.1 Å². The Morgan fingerprint density at radius 3 is 2.64 bits per heavy atom. The lowest BCUT2D eigenvalue weighted by Crippen LogP contribution is -1.98. The predicted molar refractivity (Wildman–Crippen MR) is 57.7 cm³/mol. The highest BCUT2D eigenvalue weighted by molar-refractivity contribution is 5.53. The maximum atomic E-state index is 9.01. The summed E-state index contributed by atoms with van der Waals surface area (Å²) >= 11 is 0. The average Bonchev–Trinajstić information content (AvgIpc) is 2.18. The third-order valence-corrected chi connectivity index (χ3v) is 2.20. The third kappa shape index (κ3) is 2.44.